The van der Waals surface area contributed by atoms with Gasteiger partial charge in [0.15, 0.2) is 5.11 Å². The van der Waals surface area contributed by atoms with Crippen molar-refractivity contribution in [3.05, 3.63) is 28.3 Å². The van der Waals surface area contributed by atoms with Gasteiger partial charge < -0.3 is 16.2 Å². The van der Waals surface area contributed by atoms with E-state index >= 15 is 0 Å². The molecule has 0 bridgehead atoms. The number of hydrogen-bond donors (Lipinski definition) is 3. The maximum absolute atomic E-state index is 10.9. The Hall–Kier alpha value is -1.33. The van der Waals surface area contributed by atoms with Gasteiger partial charge in [0, 0.05) is 5.02 Å². The monoisotopic (exact) mass is 244 g/mol. The topological polar surface area (TPSA) is 75.3 Å². The SMILES string of the molecule is Cc1cc(Cl)cc(C(=O)O)c1NC(N)=S. The summed E-state index contributed by atoms with van der Waals surface area (Å²) in [5, 5.41) is 11.9. The fourth-order valence-corrected chi connectivity index (χ4v) is 1.58. The van der Waals surface area contributed by atoms with Crippen LogP contribution in [0.4, 0.5) is 5.69 Å². The van der Waals surface area contributed by atoms with E-state index in [1.807, 2.05) is 0 Å². The molecule has 0 unspecified atom stereocenters. The number of aryl methyl sites for hydroxylation is 1. The summed E-state index contributed by atoms with van der Waals surface area (Å²) >= 11 is 10.4. The van der Waals surface area contributed by atoms with Crippen LogP contribution in [0.15, 0.2) is 12.1 Å². The van der Waals surface area contributed by atoms with Crippen LogP contribution < -0.4 is 11.1 Å². The number of anilines is 1. The van der Waals surface area contributed by atoms with Gasteiger partial charge in [-0.2, -0.15) is 0 Å². The molecule has 4 N–H and O–H groups in total. The molecule has 6 heteroatoms. The molecule has 4 nitrogen and oxygen atoms in total. The lowest BCUT2D eigenvalue weighted by Crippen LogP contribution is -2.21. The minimum Gasteiger partial charge on any atom is -0.478 e. The number of carbonyl (C=O) groups is 1. The van der Waals surface area contributed by atoms with Gasteiger partial charge in [-0.1, -0.05) is 11.6 Å². The smallest absolute Gasteiger partial charge is 0.337 e. The standard InChI is InChI=1S/C9H9ClN2O2S/c1-4-2-5(10)3-6(8(13)14)7(4)12-9(11)15/h2-3H,1H3,(H,13,14)(H3,11,12,15). The molecular weight excluding hydrogens is 236 g/mol. The summed E-state index contributed by atoms with van der Waals surface area (Å²) in [6.07, 6.45) is 0. The molecule has 80 valence electrons. The summed E-state index contributed by atoms with van der Waals surface area (Å²) in [6.45, 7) is 1.72. The van der Waals surface area contributed by atoms with Crippen LogP contribution in [0.5, 0.6) is 0 Å². The molecule has 1 aromatic carbocycles. The largest absolute Gasteiger partial charge is 0.478 e. The molecule has 0 saturated carbocycles. The van der Waals surface area contributed by atoms with E-state index in [1.165, 1.54) is 6.07 Å². The summed E-state index contributed by atoms with van der Waals surface area (Å²) in [7, 11) is 0. The van der Waals surface area contributed by atoms with E-state index in [2.05, 4.69) is 17.5 Å². The van der Waals surface area contributed by atoms with Crippen LogP contribution in [0.25, 0.3) is 0 Å². The highest BCUT2D eigenvalue weighted by molar-refractivity contribution is 7.80. The third-order valence-electron chi connectivity index (χ3n) is 1.78. The predicted octanol–water partition coefficient (Wildman–Crippen LogP) is 2.00. The molecule has 0 spiro atoms. The summed E-state index contributed by atoms with van der Waals surface area (Å²) < 4.78 is 0. The third kappa shape index (κ3) is 2.81. The van der Waals surface area contributed by atoms with Crippen LogP contribution >= 0.6 is 23.8 Å². The van der Waals surface area contributed by atoms with Crippen LogP contribution in [-0.2, 0) is 0 Å². The van der Waals surface area contributed by atoms with Gasteiger partial charge in [0.2, 0.25) is 0 Å². The van der Waals surface area contributed by atoms with E-state index in [-0.39, 0.29) is 10.7 Å². The summed E-state index contributed by atoms with van der Waals surface area (Å²) in [4.78, 5) is 10.9. The average Bonchev–Trinajstić information content (AvgIpc) is 2.08. The number of benzene rings is 1. The predicted molar refractivity (Wildman–Crippen MR) is 63.6 cm³/mol. The molecule has 1 rings (SSSR count). The zero-order valence-corrected chi connectivity index (χ0v) is 9.45. The molecule has 0 aliphatic rings. The fraction of sp³-hybridized carbons (Fsp3) is 0.111. The number of rotatable bonds is 2. The number of carboxylic acids is 1. The number of thiocarbonyl (C=S) groups is 1. The van der Waals surface area contributed by atoms with E-state index < -0.39 is 5.97 Å². The van der Waals surface area contributed by atoms with Gasteiger partial charge in [-0.25, -0.2) is 4.79 Å². The molecular formula is C9H9ClN2O2S. The Balaban J connectivity index is 3.33. The van der Waals surface area contributed by atoms with Gasteiger partial charge in [-0.3, -0.25) is 0 Å². The first kappa shape index (κ1) is 11.7. The first-order chi connectivity index (χ1) is 6.91. The van der Waals surface area contributed by atoms with Gasteiger partial charge in [0.25, 0.3) is 0 Å². The van der Waals surface area contributed by atoms with Gasteiger partial charge in [-0.05, 0) is 36.8 Å². The molecule has 0 aromatic heterocycles. The molecule has 0 aliphatic carbocycles. The van der Waals surface area contributed by atoms with Crippen molar-refractivity contribution in [1.29, 1.82) is 0 Å². The maximum Gasteiger partial charge on any atom is 0.337 e. The normalized spacial score (nSPS) is 9.73. The van der Waals surface area contributed by atoms with E-state index in [9.17, 15) is 4.79 Å². The Morgan fingerprint density at radius 3 is 2.67 bits per heavy atom. The minimum atomic E-state index is -1.08. The summed E-state index contributed by atoms with van der Waals surface area (Å²) in [5.74, 6) is -1.08. The van der Waals surface area contributed by atoms with E-state index in [4.69, 9.17) is 22.4 Å². The molecule has 0 saturated heterocycles. The van der Waals surface area contributed by atoms with Crippen LogP contribution in [-0.4, -0.2) is 16.2 Å². The Labute approximate surface area is 97.0 Å². The lowest BCUT2D eigenvalue weighted by Gasteiger charge is -2.11. The van der Waals surface area contributed by atoms with Crippen LogP contribution in [0, 0.1) is 6.92 Å². The van der Waals surface area contributed by atoms with Crippen molar-refractivity contribution in [2.75, 3.05) is 5.32 Å². The molecule has 0 aliphatic heterocycles. The Kier molecular flexibility index (Phi) is 3.49. The average molecular weight is 245 g/mol. The number of nitrogens with two attached hydrogens (primary N) is 1. The van der Waals surface area contributed by atoms with Crippen molar-refractivity contribution in [1.82, 2.24) is 0 Å². The second-order valence-electron chi connectivity index (χ2n) is 2.94. The highest BCUT2D eigenvalue weighted by atomic mass is 35.5. The molecule has 0 fully saturated rings. The van der Waals surface area contributed by atoms with Crippen molar-refractivity contribution < 1.29 is 9.90 Å². The number of nitrogens with one attached hydrogen (secondary N) is 1. The van der Waals surface area contributed by atoms with Gasteiger partial charge in [0.05, 0.1) is 11.3 Å². The second-order valence-corrected chi connectivity index (χ2v) is 3.82. The highest BCUT2D eigenvalue weighted by Gasteiger charge is 2.14. The number of hydrogen-bond acceptors (Lipinski definition) is 2. The highest BCUT2D eigenvalue weighted by Crippen LogP contribution is 2.25. The van der Waals surface area contributed by atoms with Crippen molar-refractivity contribution in [2.24, 2.45) is 5.73 Å². The molecule has 0 atom stereocenters. The van der Waals surface area contributed by atoms with Gasteiger partial charge in [0.1, 0.15) is 0 Å². The van der Waals surface area contributed by atoms with Crippen molar-refractivity contribution >= 4 is 40.6 Å². The van der Waals surface area contributed by atoms with Gasteiger partial charge in [-0.15, -0.1) is 0 Å². The zero-order chi connectivity index (χ0) is 11.6. The molecule has 1 aromatic rings. The molecule has 0 radical (unpaired) electrons. The number of carboxylic acid groups (broad SMARTS) is 1. The lowest BCUT2D eigenvalue weighted by molar-refractivity contribution is 0.0698. The maximum atomic E-state index is 10.9. The Bertz CT molecular complexity index is 434. The lowest BCUT2D eigenvalue weighted by atomic mass is 10.1. The van der Waals surface area contributed by atoms with Crippen LogP contribution in [0.3, 0.4) is 0 Å². The van der Waals surface area contributed by atoms with Crippen LogP contribution in [0.2, 0.25) is 5.02 Å². The molecule has 0 amide bonds. The van der Waals surface area contributed by atoms with Crippen LogP contribution in [0.1, 0.15) is 15.9 Å². The zero-order valence-electron chi connectivity index (χ0n) is 7.87. The third-order valence-corrected chi connectivity index (χ3v) is 2.10. The molecule has 0 heterocycles. The number of aromatic carboxylic acids is 1. The second kappa shape index (κ2) is 4.46. The Morgan fingerprint density at radius 2 is 2.20 bits per heavy atom. The number of halogens is 1. The van der Waals surface area contributed by atoms with Crippen molar-refractivity contribution in [2.45, 2.75) is 6.92 Å². The molecule has 15 heavy (non-hydrogen) atoms. The summed E-state index contributed by atoms with van der Waals surface area (Å²) in [6, 6.07) is 2.98. The quantitative estimate of drug-likeness (QED) is 0.694. The van der Waals surface area contributed by atoms with E-state index in [1.54, 1.807) is 13.0 Å². The Morgan fingerprint density at radius 1 is 1.60 bits per heavy atom. The van der Waals surface area contributed by atoms with Crippen molar-refractivity contribution in [3.63, 3.8) is 0 Å². The van der Waals surface area contributed by atoms with E-state index in [0.29, 0.717) is 16.3 Å². The fourth-order valence-electron chi connectivity index (χ4n) is 1.20. The first-order valence-electron chi connectivity index (χ1n) is 4.01. The minimum absolute atomic E-state index is 0.0166. The van der Waals surface area contributed by atoms with Gasteiger partial charge >= 0.3 is 5.97 Å². The van der Waals surface area contributed by atoms with E-state index in [0.717, 1.165) is 0 Å². The first-order valence-corrected chi connectivity index (χ1v) is 4.80. The van der Waals surface area contributed by atoms with Crippen molar-refractivity contribution in [3.8, 4) is 0 Å². The summed E-state index contributed by atoms with van der Waals surface area (Å²) in [5.41, 5.74) is 6.39.